The number of carboxylic acid groups (broad SMARTS) is 1. The molecule has 1 aromatic rings. The number of methoxy groups -OCH3 is 1. The zero-order valence-electron chi connectivity index (χ0n) is 13.0. The standard InChI is InChI=1S/C15H19F2NO5/c1-8(2)23-11-5-4-9(6-12(11)22-3)14(19)18-10(15(20)21)7-13(16)17/h4-6,8,10,13H,7H2,1-3H3,(H,18,19)(H,20,21). The van der Waals surface area contributed by atoms with Gasteiger partial charge in [0.25, 0.3) is 5.91 Å². The lowest BCUT2D eigenvalue weighted by atomic mass is 10.1. The molecule has 2 N–H and O–H groups in total. The maximum absolute atomic E-state index is 12.3. The Balaban J connectivity index is 2.92. The summed E-state index contributed by atoms with van der Waals surface area (Å²) in [6.45, 7) is 3.64. The SMILES string of the molecule is COc1cc(C(=O)NC(CC(F)F)C(=O)O)ccc1OC(C)C. The predicted octanol–water partition coefficient (Wildman–Crippen LogP) is 2.32. The number of carboxylic acids is 1. The molecule has 0 aliphatic carbocycles. The third-order valence-electron chi connectivity index (χ3n) is 2.81. The zero-order chi connectivity index (χ0) is 17.6. The predicted molar refractivity (Wildman–Crippen MR) is 78.3 cm³/mol. The number of benzene rings is 1. The van der Waals surface area contributed by atoms with Gasteiger partial charge in [-0.25, -0.2) is 13.6 Å². The molecule has 0 saturated heterocycles. The second kappa shape index (κ2) is 8.30. The molecule has 23 heavy (non-hydrogen) atoms. The minimum atomic E-state index is -2.84. The maximum atomic E-state index is 12.3. The van der Waals surface area contributed by atoms with Crippen LogP contribution in [-0.4, -0.2) is 42.7 Å². The summed E-state index contributed by atoms with van der Waals surface area (Å²) in [5.74, 6) is -1.61. The highest BCUT2D eigenvalue weighted by Gasteiger charge is 2.25. The number of rotatable bonds is 8. The van der Waals surface area contributed by atoms with Gasteiger partial charge in [-0.05, 0) is 32.0 Å². The molecule has 1 unspecified atom stereocenters. The van der Waals surface area contributed by atoms with Crippen molar-refractivity contribution in [3.8, 4) is 11.5 Å². The van der Waals surface area contributed by atoms with Crippen molar-refractivity contribution in [1.29, 1.82) is 0 Å². The van der Waals surface area contributed by atoms with Gasteiger partial charge in [0, 0.05) is 12.0 Å². The molecule has 6 nitrogen and oxygen atoms in total. The van der Waals surface area contributed by atoms with Gasteiger partial charge in [-0.15, -0.1) is 0 Å². The smallest absolute Gasteiger partial charge is 0.326 e. The van der Waals surface area contributed by atoms with Crippen LogP contribution < -0.4 is 14.8 Å². The van der Waals surface area contributed by atoms with Crippen molar-refractivity contribution in [3.05, 3.63) is 23.8 Å². The summed E-state index contributed by atoms with van der Waals surface area (Å²) in [6.07, 6.45) is -3.91. The highest BCUT2D eigenvalue weighted by molar-refractivity contribution is 5.97. The number of alkyl halides is 2. The largest absolute Gasteiger partial charge is 0.493 e. The van der Waals surface area contributed by atoms with Gasteiger partial charge >= 0.3 is 5.97 Å². The van der Waals surface area contributed by atoms with E-state index in [2.05, 4.69) is 5.32 Å². The Morgan fingerprint density at radius 1 is 1.26 bits per heavy atom. The van der Waals surface area contributed by atoms with E-state index >= 15 is 0 Å². The van der Waals surface area contributed by atoms with Gasteiger partial charge in [-0.1, -0.05) is 0 Å². The summed E-state index contributed by atoms with van der Waals surface area (Å²) >= 11 is 0. The van der Waals surface area contributed by atoms with Crippen molar-refractivity contribution in [2.75, 3.05) is 7.11 Å². The van der Waals surface area contributed by atoms with Gasteiger partial charge in [-0.3, -0.25) is 4.79 Å². The van der Waals surface area contributed by atoms with E-state index in [1.165, 1.54) is 25.3 Å². The average molecular weight is 331 g/mol. The number of carbonyl (C=O) groups excluding carboxylic acids is 1. The van der Waals surface area contributed by atoms with Crippen LogP contribution in [0.3, 0.4) is 0 Å². The topological polar surface area (TPSA) is 84.9 Å². The second-order valence-corrected chi connectivity index (χ2v) is 5.02. The number of hydrogen-bond donors (Lipinski definition) is 2. The monoisotopic (exact) mass is 331 g/mol. The van der Waals surface area contributed by atoms with E-state index in [-0.39, 0.29) is 17.4 Å². The van der Waals surface area contributed by atoms with Crippen LogP contribution in [0.1, 0.15) is 30.6 Å². The van der Waals surface area contributed by atoms with Crippen molar-refractivity contribution < 1.29 is 33.0 Å². The van der Waals surface area contributed by atoms with Gasteiger partial charge in [0.2, 0.25) is 6.43 Å². The molecule has 0 fully saturated rings. The van der Waals surface area contributed by atoms with Crippen molar-refractivity contribution >= 4 is 11.9 Å². The first kappa shape index (κ1) is 18.7. The van der Waals surface area contributed by atoms with E-state index in [0.29, 0.717) is 5.75 Å². The summed E-state index contributed by atoms with van der Waals surface area (Å²) in [7, 11) is 1.39. The molecule has 1 rings (SSSR count). The Morgan fingerprint density at radius 3 is 2.39 bits per heavy atom. The molecule has 128 valence electrons. The minimum Gasteiger partial charge on any atom is -0.493 e. The van der Waals surface area contributed by atoms with Crippen molar-refractivity contribution in [1.82, 2.24) is 5.32 Å². The minimum absolute atomic E-state index is 0.0819. The number of amides is 1. The Morgan fingerprint density at radius 2 is 1.91 bits per heavy atom. The quantitative estimate of drug-likeness (QED) is 0.764. The Labute approximate surface area is 132 Å². The van der Waals surface area contributed by atoms with Crippen LogP contribution in [0.25, 0.3) is 0 Å². The van der Waals surface area contributed by atoms with Crippen LogP contribution in [0.2, 0.25) is 0 Å². The van der Waals surface area contributed by atoms with E-state index in [1.807, 2.05) is 13.8 Å². The first-order valence-corrected chi connectivity index (χ1v) is 6.91. The summed E-state index contributed by atoms with van der Waals surface area (Å²) in [4.78, 5) is 22.9. The molecule has 8 heteroatoms. The highest BCUT2D eigenvalue weighted by Crippen LogP contribution is 2.29. The van der Waals surface area contributed by atoms with Crippen LogP contribution in [-0.2, 0) is 4.79 Å². The van der Waals surface area contributed by atoms with Crippen LogP contribution in [0.5, 0.6) is 11.5 Å². The number of nitrogens with one attached hydrogen (secondary N) is 1. The number of hydrogen-bond acceptors (Lipinski definition) is 4. The lowest BCUT2D eigenvalue weighted by Crippen LogP contribution is -2.42. The molecule has 0 saturated carbocycles. The van der Waals surface area contributed by atoms with Crippen LogP contribution >= 0.6 is 0 Å². The lowest BCUT2D eigenvalue weighted by molar-refractivity contribution is -0.140. The molecule has 0 heterocycles. The van der Waals surface area contributed by atoms with E-state index in [9.17, 15) is 18.4 Å². The molecule has 1 aromatic carbocycles. The number of halogens is 2. The summed E-state index contributed by atoms with van der Waals surface area (Å²) in [5, 5.41) is 10.9. The average Bonchev–Trinajstić information content (AvgIpc) is 2.45. The van der Waals surface area contributed by atoms with Crippen LogP contribution in [0.15, 0.2) is 18.2 Å². The molecule has 0 bridgehead atoms. The summed E-state index contributed by atoms with van der Waals surface area (Å²) in [6, 6.07) is 2.59. The zero-order valence-corrected chi connectivity index (χ0v) is 13.0. The molecule has 0 aromatic heterocycles. The Kier molecular flexibility index (Phi) is 6.74. The molecule has 0 radical (unpaired) electrons. The van der Waals surface area contributed by atoms with Gasteiger partial charge in [0.1, 0.15) is 6.04 Å². The van der Waals surface area contributed by atoms with E-state index in [1.54, 1.807) is 0 Å². The van der Waals surface area contributed by atoms with Crippen molar-refractivity contribution in [2.24, 2.45) is 0 Å². The molecule has 0 aliphatic heterocycles. The molecule has 0 spiro atoms. The molecule has 1 amide bonds. The highest BCUT2D eigenvalue weighted by atomic mass is 19.3. The summed E-state index contributed by atoms with van der Waals surface area (Å²) in [5.41, 5.74) is 0.0819. The van der Waals surface area contributed by atoms with E-state index in [0.717, 1.165) is 0 Å². The number of ether oxygens (including phenoxy) is 2. The van der Waals surface area contributed by atoms with Gasteiger partial charge < -0.3 is 19.9 Å². The molecule has 1 atom stereocenters. The van der Waals surface area contributed by atoms with E-state index in [4.69, 9.17) is 14.6 Å². The van der Waals surface area contributed by atoms with Gasteiger partial charge in [0.15, 0.2) is 11.5 Å². The van der Waals surface area contributed by atoms with Gasteiger partial charge in [-0.2, -0.15) is 0 Å². The number of aliphatic carboxylic acids is 1. The first-order valence-electron chi connectivity index (χ1n) is 6.91. The Bertz CT molecular complexity index is 563. The Hall–Kier alpha value is -2.38. The molecular weight excluding hydrogens is 312 g/mol. The van der Waals surface area contributed by atoms with Crippen LogP contribution in [0.4, 0.5) is 8.78 Å². The fourth-order valence-corrected chi connectivity index (χ4v) is 1.80. The third kappa shape index (κ3) is 5.72. The lowest BCUT2D eigenvalue weighted by Gasteiger charge is -2.16. The second-order valence-electron chi connectivity index (χ2n) is 5.02. The van der Waals surface area contributed by atoms with Crippen molar-refractivity contribution in [2.45, 2.75) is 38.8 Å². The normalized spacial score (nSPS) is 12.1. The third-order valence-corrected chi connectivity index (χ3v) is 2.81. The first-order chi connectivity index (χ1) is 10.7. The summed E-state index contributed by atoms with van der Waals surface area (Å²) < 4.78 is 35.3. The molecular formula is C15H19F2NO5. The fraction of sp³-hybridized carbons (Fsp3) is 0.467. The maximum Gasteiger partial charge on any atom is 0.326 e. The van der Waals surface area contributed by atoms with E-state index < -0.39 is 30.8 Å². The number of carbonyl (C=O) groups is 2. The van der Waals surface area contributed by atoms with Gasteiger partial charge in [0.05, 0.1) is 13.2 Å². The fourth-order valence-electron chi connectivity index (χ4n) is 1.80. The van der Waals surface area contributed by atoms with Crippen molar-refractivity contribution in [3.63, 3.8) is 0 Å². The van der Waals surface area contributed by atoms with Crippen LogP contribution in [0, 0.1) is 0 Å². The molecule has 0 aliphatic rings.